The van der Waals surface area contributed by atoms with E-state index in [2.05, 4.69) is 5.32 Å². The highest BCUT2D eigenvalue weighted by Crippen LogP contribution is 2.20. The summed E-state index contributed by atoms with van der Waals surface area (Å²) >= 11 is 0. The van der Waals surface area contributed by atoms with E-state index in [1.54, 1.807) is 0 Å². The third-order valence-corrected chi connectivity index (χ3v) is 4.11. The van der Waals surface area contributed by atoms with Gasteiger partial charge in [-0.15, -0.1) is 0 Å². The van der Waals surface area contributed by atoms with E-state index < -0.39 is 24.1 Å². The van der Waals surface area contributed by atoms with Crippen molar-refractivity contribution in [1.82, 2.24) is 10.2 Å². The predicted octanol–water partition coefficient (Wildman–Crippen LogP) is 0.565. The van der Waals surface area contributed by atoms with Crippen LogP contribution in [-0.4, -0.2) is 65.1 Å². The number of rotatable bonds is 5. The van der Waals surface area contributed by atoms with Crippen molar-refractivity contribution in [2.75, 3.05) is 19.7 Å². The number of nitrogens with zero attached hydrogens (tertiary/aromatic N) is 1. The first-order valence-electron chi connectivity index (χ1n) is 7.65. The molecule has 0 aromatic heterocycles. The summed E-state index contributed by atoms with van der Waals surface area (Å²) in [5.74, 6) is -1.08. The quantitative estimate of drug-likeness (QED) is 0.645. The Morgan fingerprint density at radius 3 is 2.62 bits per heavy atom. The molecule has 1 saturated heterocycles. The molecule has 0 aromatic rings. The van der Waals surface area contributed by atoms with Crippen molar-refractivity contribution in [3.63, 3.8) is 0 Å². The zero-order valence-corrected chi connectivity index (χ0v) is 12.2. The number of urea groups is 1. The maximum atomic E-state index is 11.9. The predicted molar refractivity (Wildman–Crippen MR) is 75.0 cm³/mol. The standard InChI is InChI=1S/C14H24N2O5/c17-10-8-12(13(18)19)16(9-10)14(20)15-6-7-21-11-4-2-1-3-5-11/h10-12,17H,1-9H2,(H,15,20)(H,18,19). The van der Waals surface area contributed by atoms with Crippen LogP contribution in [0.25, 0.3) is 0 Å². The summed E-state index contributed by atoms with van der Waals surface area (Å²) in [7, 11) is 0. The molecule has 1 heterocycles. The van der Waals surface area contributed by atoms with Gasteiger partial charge in [0.2, 0.25) is 0 Å². The Bertz CT molecular complexity index is 370. The average Bonchev–Trinajstić information content (AvgIpc) is 2.87. The number of ether oxygens (including phenoxy) is 1. The molecule has 0 aromatic carbocycles. The van der Waals surface area contributed by atoms with Crippen LogP contribution in [0.4, 0.5) is 4.79 Å². The van der Waals surface area contributed by atoms with Crippen molar-refractivity contribution in [1.29, 1.82) is 0 Å². The fourth-order valence-corrected chi connectivity index (χ4v) is 2.99. The molecule has 2 amide bonds. The number of carboxylic acids is 1. The molecule has 0 radical (unpaired) electrons. The normalized spacial score (nSPS) is 26.8. The highest BCUT2D eigenvalue weighted by Gasteiger charge is 2.38. The van der Waals surface area contributed by atoms with Crippen molar-refractivity contribution in [2.24, 2.45) is 0 Å². The molecule has 2 unspecified atom stereocenters. The molecule has 21 heavy (non-hydrogen) atoms. The fourth-order valence-electron chi connectivity index (χ4n) is 2.99. The first-order valence-corrected chi connectivity index (χ1v) is 7.65. The molecular weight excluding hydrogens is 276 g/mol. The van der Waals surface area contributed by atoms with E-state index in [0.29, 0.717) is 13.2 Å². The lowest BCUT2D eigenvalue weighted by Crippen LogP contribution is -2.47. The van der Waals surface area contributed by atoms with Crippen LogP contribution in [0.1, 0.15) is 38.5 Å². The molecule has 1 aliphatic heterocycles. The maximum Gasteiger partial charge on any atom is 0.326 e. The van der Waals surface area contributed by atoms with Gasteiger partial charge < -0.3 is 25.2 Å². The zero-order chi connectivity index (χ0) is 15.2. The second-order valence-corrected chi connectivity index (χ2v) is 5.76. The smallest absolute Gasteiger partial charge is 0.326 e. The second-order valence-electron chi connectivity index (χ2n) is 5.76. The molecule has 120 valence electrons. The average molecular weight is 300 g/mol. The van der Waals surface area contributed by atoms with Gasteiger partial charge in [0.1, 0.15) is 6.04 Å². The number of β-amino-alcohol motifs (C(OH)–C–C–N with tert-alkyl or cyclic N) is 1. The van der Waals surface area contributed by atoms with E-state index in [1.165, 1.54) is 24.2 Å². The number of hydrogen-bond donors (Lipinski definition) is 3. The van der Waals surface area contributed by atoms with Gasteiger partial charge in [-0.2, -0.15) is 0 Å². The molecule has 2 aliphatic rings. The van der Waals surface area contributed by atoms with Gasteiger partial charge in [-0.05, 0) is 12.8 Å². The van der Waals surface area contributed by atoms with Gasteiger partial charge in [-0.1, -0.05) is 19.3 Å². The molecule has 1 aliphatic carbocycles. The van der Waals surface area contributed by atoms with Gasteiger partial charge >= 0.3 is 12.0 Å². The van der Waals surface area contributed by atoms with Crippen molar-refractivity contribution in [3.8, 4) is 0 Å². The van der Waals surface area contributed by atoms with Crippen LogP contribution >= 0.6 is 0 Å². The summed E-state index contributed by atoms with van der Waals surface area (Å²) in [5.41, 5.74) is 0. The Kier molecular flexibility index (Phi) is 5.81. The van der Waals surface area contributed by atoms with Crippen molar-refractivity contribution in [3.05, 3.63) is 0 Å². The van der Waals surface area contributed by atoms with E-state index >= 15 is 0 Å². The monoisotopic (exact) mass is 300 g/mol. The summed E-state index contributed by atoms with van der Waals surface area (Å²) in [6, 6.07) is -1.40. The molecule has 7 nitrogen and oxygen atoms in total. The highest BCUT2D eigenvalue weighted by molar-refractivity contribution is 5.83. The van der Waals surface area contributed by atoms with E-state index in [4.69, 9.17) is 9.84 Å². The minimum atomic E-state index is -1.08. The van der Waals surface area contributed by atoms with Crippen LogP contribution in [0.3, 0.4) is 0 Å². The minimum absolute atomic E-state index is 0.0618. The second kappa shape index (κ2) is 7.61. The van der Waals surface area contributed by atoms with E-state index in [9.17, 15) is 14.7 Å². The third-order valence-electron chi connectivity index (χ3n) is 4.11. The number of likely N-dealkylation sites (tertiary alicyclic amines) is 1. The third kappa shape index (κ3) is 4.57. The molecular formula is C14H24N2O5. The van der Waals surface area contributed by atoms with Crippen LogP contribution in [0.15, 0.2) is 0 Å². The number of carbonyl (C=O) groups is 2. The molecule has 7 heteroatoms. The summed E-state index contributed by atoms with van der Waals surface area (Å²) in [5, 5.41) is 21.2. The first-order chi connectivity index (χ1) is 10.1. The van der Waals surface area contributed by atoms with Crippen molar-refractivity contribution < 1.29 is 24.5 Å². The first kappa shape index (κ1) is 16.0. The Labute approximate surface area is 124 Å². The summed E-state index contributed by atoms with van der Waals surface area (Å²) in [6.07, 6.45) is 5.42. The number of aliphatic hydroxyl groups excluding tert-OH is 1. The van der Waals surface area contributed by atoms with Gasteiger partial charge in [0.15, 0.2) is 0 Å². The lowest BCUT2D eigenvalue weighted by Gasteiger charge is -2.23. The molecule has 0 spiro atoms. The van der Waals surface area contributed by atoms with Gasteiger partial charge in [-0.3, -0.25) is 0 Å². The van der Waals surface area contributed by atoms with Crippen LogP contribution in [0.5, 0.6) is 0 Å². The lowest BCUT2D eigenvalue weighted by atomic mass is 9.98. The molecule has 1 saturated carbocycles. The van der Waals surface area contributed by atoms with Crippen molar-refractivity contribution >= 4 is 12.0 Å². The van der Waals surface area contributed by atoms with Crippen LogP contribution in [0.2, 0.25) is 0 Å². The Balaban J connectivity index is 1.67. The summed E-state index contributed by atoms with van der Waals surface area (Å²) < 4.78 is 5.69. The van der Waals surface area contributed by atoms with Crippen molar-refractivity contribution in [2.45, 2.75) is 56.8 Å². The number of aliphatic carboxylic acids is 1. The molecule has 0 bridgehead atoms. The minimum Gasteiger partial charge on any atom is -0.480 e. The SMILES string of the molecule is O=C(O)C1CC(O)CN1C(=O)NCCOC1CCCCC1. The van der Waals surface area contributed by atoms with E-state index in [1.807, 2.05) is 0 Å². The highest BCUT2D eigenvalue weighted by atomic mass is 16.5. The molecule has 2 atom stereocenters. The summed E-state index contributed by atoms with van der Waals surface area (Å²) in [6.45, 7) is 0.852. The van der Waals surface area contributed by atoms with Gasteiger partial charge in [0.25, 0.3) is 0 Å². The Morgan fingerprint density at radius 1 is 1.24 bits per heavy atom. The Hall–Kier alpha value is -1.34. The molecule has 3 N–H and O–H groups in total. The number of nitrogens with one attached hydrogen (secondary N) is 1. The van der Waals surface area contributed by atoms with Crippen LogP contribution in [-0.2, 0) is 9.53 Å². The number of hydrogen-bond acceptors (Lipinski definition) is 4. The van der Waals surface area contributed by atoms with E-state index in [0.717, 1.165) is 12.8 Å². The number of carbonyl (C=O) groups excluding carboxylic acids is 1. The van der Waals surface area contributed by atoms with Crippen LogP contribution < -0.4 is 5.32 Å². The van der Waals surface area contributed by atoms with Gasteiger partial charge in [-0.25, -0.2) is 9.59 Å². The topological polar surface area (TPSA) is 99.1 Å². The lowest BCUT2D eigenvalue weighted by molar-refractivity contribution is -0.141. The largest absolute Gasteiger partial charge is 0.480 e. The maximum absolute atomic E-state index is 11.9. The summed E-state index contributed by atoms with van der Waals surface area (Å²) in [4.78, 5) is 24.2. The van der Waals surface area contributed by atoms with E-state index in [-0.39, 0.29) is 19.1 Å². The molecule has 2 rings (SSSR count). The van der Waals surface area contributed by atoms with Crippen LogP contribution in [0, 0.1) is 0 Å². The number of aliphatic hydroxyl groups is 1. The Morgan fingerprint density at radius 2 is 1.95 bits per heavy atom. The zero-order valence-electron chi connectivity index (χ0n) is 12.2. The number of amides is 2. The number of carboxylic acid groups (broad SMARTS) is 1. The fraction of sp³-hybridized carbons (Fsp3) is 0.857. The van der Waals surface area contributed by atoms with Gasteiger partial charge in [0, 0.05) is 19.5 Å². The van der Waals surface area contributed by atoms with Gasteiger partial charge in [0.05, 0.1) is 18.8 Å². The molecule has 2 fully saturated rings.